The predicted octanol–water partition coefficient (Wildman–Crippen LogP) is 3.12. The molecular weight excluding hydrogens is 522 g/mol. The number of anilines is 2. The summed E-state index contributed by atoms with van der Waals surface area (Å²) in [5.41, 5.74) is 5.92. The first-order valence-corrected chi connectivity index (χ1v) is 13.6. The maximum absolute atomic E-state index is 13.9. The molecule has 1 amide bonds. The van der Waals surface area contributed by atoms with Gasteiger partial charge in [-0.15, -0.1) is 0 Å². The van der Waals surface area contributed by atoms with Gasteiger partial charge in [-0.3, -0.25) is 19.5 Å². The number of nitrogens with zero attached hydrogens (tertiary/aromatic N) is 6. The van der Waals surface area contributed by atoms with Crippen molar-refractivity contribution < 1.29 is 19.4 Å². The van der Waals surface area contributed by atoms with Gasteiger partial charge in [-0.2, -0.15) is 0 Å². The van der Waals surface area contributed by atoms with Crippen LogP contribution >= 0.6 is 0 Å². The number of hydrogen-bond acceptors (Lipinski definition) is 9. The van der Waals surface area contributed by atoms with Crippen LogP contribution in [0.1, 0.15) is 53.6 Å². The number of esters is 1. The molecule has 0 aromatic carbocycles. The number of aromatic nitrogens is 4. The maximum Gasteiger partial charge on any atom is 0.302 e. The molecule has 3 aromatic rings. The van der Waals surface area contributed by atoms with Crippen molar-refractivity contribution in [3.8, 4) is 0 Å². The number of ether oxygens (including phenoxy) is 1. The Bertz CT molecular complexity index is 1590. The molecule has 1 aliphatic carbocycles. The van der Waals surface area contributed by atoms with Crippen LogP contribution in [0.3, 0.4) is 0 Å². The Morgan fingerprint density at radius 3 is 2.78 bits per heavy atom. The van der Waals surface area contributed by atoms with E-state index in [-0.39, 0.29) is 17.9 Å². The van der Waals surface area contributed by atoms with Crippen LogP contribution in [-0.4, -0.2) is 61.2 Å². The first kappa shape index (κ1) is 26.7. The lowest BCUT2D eigenvalue weighted by molar-refractivity contribution is -0.142. The Hall–Kier alpha value is -4.51. The zero-order chi connectivity index (χ0) is 28.9. The summed E-state index contributed by atoms with van der Waals surface area (Å²) in [6.45, 7) is 6.91. The summed E-state index contributed by atoms with van der Waals surface area (Å²) in [6, 6.07) is 3.85. The largest absolute Gasteiger partial charge is 0.461 e. The van der Waals surface area contributed by atoms with Crippen molar-refractivity contribution in [2.75, 3.05) is 23.8 Å². The Kier molecular flexibility index (Phi) is 6.61. The number of likely N-dealkylation sites (N-methyl/N-ethyl adjacent to an activating group) is 1. The summed E-state index contributed by atoms with van der Waals surface area (Å²) in [7, 11) is 1.76. The third-order valence-electron chi connectivity index (χ3n) is 7.80. The minimum Gasteiger partial charge on any atom is -0.461 e. The molecular formula is C30H33N7O4. The van der Waals surface area contributed by atoms with Gasteiger partial charge in [0.15, 0.2) is 6.23 Å². The molecule has 0 saturated carbocycles. The number of amides is 1. The zero-order valence-corrected chi connectivity index (χ0v) is 23.6. The first-order chi connectivity index (χ1) is 19.6. The highest BCUT2D eigenvalue weighted by atomic mass is 16.5. The van der Waals surface area contributed by atoms with Gasteiger partial charge in [0.05, 0.1) is 11.9 Å². The molecule has 2 N–H and O–H groups in total. The van der Waals surface area contributed by atoms with Gasteiger partial charge < -0.3 is 24.6 Å². The summed E-state index contributed by atoms with van der Waals surface area (Å²) in [6.07, 6.45) is 10.9. The van der Waals surface area contributed by atoms with E-state index in [4.69, 9.17) is 4.74 Å². The van der Waals surface area contributed by atoms with Crippen molar-refractivity contribution in [1.82, 2.24) is 24.4 Å². The number of nitrogens with one attached hydrogen (secondary N) is 1. The average Bonchev–Trinajstić information content (AvgIpc) is 3.43. The minimum atomic E-state index is -0.942. The van der Waals surface area contributed by atoms with Gasteiger partial charge in [-0.25, -0.2) is 9.97 Å². The van der Waals surface area contributed by atoms with E-state index in [2.05, 4.69) is 38.7 Å². The number of allylic oxidation sites excluding steroid dienone is 2. The van der Waals surface area contributed by atoms with Crippen molar-refractivity contribution in [3.05, 3.63) is 83.0 Å². The molecule has 11 nitrogen and oxygen atoms in total. The minimum absolute atomic E-state index is 0.0618. The number of aliphatic hydroxyl groups is 1. The van der Waals surface area contributed by atoms with Crippen LogP contribution in [0.25, 0.3) is 5.57 Å². The van der Waals surface area contributed by atoms with Gasteiger partial charge in [0.25, 0.3) is 5.91 Å². The van der Waals surface area contributed by atoms with Crippen LogP contribution in [0, 0.1) is 5.41 Å². The molecule has 41 heavy (non-hydrogen) atoms. The molecule has 0 saturated heterocycles. The summed E-state index contributed by atoms with van der Waals surface area (Å²) in [4.78, 5) is 42.1. The van der Waals surface area contributed by atoms with E-state index >= 15 is 0 Å². The standard InChI is InChI=1S/C30H33N7O4/c1-18(38)41-17-22-21(20-11-23(28(39)35(4)16-20)34-26-15-31-7-8-32-26)5-6-33-27(22)37-10-9-36-24(29(37)40)12-19-13-30(2,3)14-25(19)36/h5-8,11-12,15-16,28,39H,9-10,13-14,17H2,1-4H3,(H,32,34). The van der Waals surface area contributed by atoms with Gasteiger partial charge in [0.1, 0.15) is 23.9 Å². The van der Waals surface area contributed by atoms with E-state index in [1.54, 1.807) is 47.8 Å². The molecule has 1 unspecified atom stereocenters. The Morgan fingerprint density at radius 1 is 1.20 bits per heavy atom. The molecule has 0 radical (unpaired) electrons. The Balaban J connectivity index is 1.38. The quantitative estimate of drug-likeness (QED) is 0.441. The van der Waals surface area contributed by atoms with E-state index in [0.29, 0.717) is 41.7 Å². The van der Waals surface area contributed by atoms with E-state index in [1.165, 1.54) is 18.2 Å². The Morgan fingerprint density at radius 2 is 2.02 bits per heavy atom. The van der Waals surface area contributed by atoms with E-state index in [0.717, 1.165) is 24.0 Å². The normalized spacial score (nSPS) is 19.3. The van der Waals surface area contributed by atoms with E-state index in [1.807, 2.05) is 18.2 Å². The fourth-order valence-corrected chi connectivity index (χ4v) is 5.96. The van der Waals surface area contributed by atoms with Crippen molar-refractivity contribution >= 4 is 29.1 Å². The highest BCUT2D eigenvalue weighted by molar-refractivity contribution is 6.06. The van der Waals surface area contributed by atoms with Crippen molar-refractivity contribution in [3.63, 3.8) is 0 Å². The van der Waals surface area contributed by atoms with Crippen LogP contribution in [-0.2, 0) is 35.5 Å². The third-order valence-corrected chi connectivity index (χ3v) is 7.80. The van der Waals surface area contributed by atoms with Crippen LogP contribution in [0.4, 0.5) is 11.6 Å². The second-order valence-electron chi connectivity index (χ2n) is 11.5. The monoisotopic (exact) mass is 555 g/mol. The van der Waals surface area contributed by atoms with Crippen molar-refractivity contribution in [2.45, 2.75) is 53.0 Å². The van der Waals surface area contributed by atoms with Gasteiger partial charge in [-0.05, 0) is 47.6 Å². The first-order valence-electron chi connectivity index (χ1n) is 13.6. The van der Waals surface area contributed by atoms with Gasteiger partial charge >= 0.3 is 5.97 Å². The maximum atomic E-state index is 13.9. The molecule has 3 aliphatic rings. The fraction of sp³-hybridized carbons (Fsp3) is 0.367. The summed E-state index contributed by atoms with van der Waals surface area (Å²) in [5.74, 6) is 0.380. The highest BCUT2D eigenvalue weighted by Crippen LogP contribution is 2.40. The topological polar surface area (TPSA) is 126 Å². The second-order valence-corrected chi connectivity index (χ2v) is 11.5. The van der Waals surface area contributed by atoms with Crippen molar-refractivity contribution in [1.29, 1.82) is 0 Å². The average molecular weight is 556 g/mol. The van der Waals surface area contributed by atoms with Crippen LogP contribution in [0.15, 0.2) is 54.9 Å². The fourth-order valence-electron chi connectivity index (χ4n) is 5.96. The summed E-state index contributed by atoms with van der Waals surface area (Å²) >= 11 is 0. The van der Waals surface area contributed by atoms with Crippen molar-refractivity contribution in [2.24, 2.45) is 5.41 Å². The van der Waals surface area contributed by atoms with Gasteiger partial charge in [0.2, 0.25) is 0 Å². The SMILES string of the molecule is CC(=O)OCc1c(C2=CN(C)C(O)C(Nc3cnccn3)=C2)ccnc1N1CCn2c(cc3c2CC(C)(C)C3)C1=O. The number of hydrogen-bond donors (Lipinski definition) is 2. The second kappa shape index (κ2) is 10.2. The van der Waals surface area contributed by atoms with Crippen LogP contribution in [0.5, 0.6) is 0 Å². The van der Waals surface area contributed by atoms with E-state index < -0.39 is 12.2 Å². The molecule has 5 heterocycles. The lowest BCUT2D eigenvalue weighted by atomic mass is 9.90. The highest BCUT2D eigenvalue weighted by Gasteiger charge is 2.38. The molecule has 3 aromatic heterocycles. The van der Waals surface area contributed by atoms with Gasteiger partial charge in [0, 0.05) is 68.7 Å². The molecule has 1 atom stereocenters. The zero-order valence-electron chi connectivity index (χ0n) is 23.6. The third kappa shape index (κ3) is 4.97. The lowest BCUT2D eigenvalue weighted by Crippen LogP contribution is -2.42. The Labute approximate surface area is 238 Å². The number of carbonyl (C=O) groups is 2. The summed E-state index contributed by atoms with van der Waals surface area (Å²) in [5, 5.41) is 14.0. The predicted molar refractivity (Wildman–Crippen MR) is 152 cm³/mol. The number of rotatable bonds is 6. The van der Waals surface area contributed by atoms with E-state index in [9.17, 15) is 14.7 Å². The molecule has 212 valence electrons. The molecule has 11 heteroatoms. The number of carbonyl (C=O) groups excluding carboxylic acids is 2. The van der Waals surface area contributed by atoms with Gasteiger partial charge in [-0.1, -0.05) is 13.8 Å². The molecule has 0 spiro atoms. The molecule has 6 rings (SSSR count). The smallest absolute Gasteiger partial charge is 0.302 e. The molecule has 2 aliphatic heterocycles. The number of pyridine rings is 1. The lowest BCUT2D eigenvalue weighted by Gasteiger charge is -2.32. The molecule has 0 fully saturated rings. The van der Waals surface area contributed by atoms with Crippen LogP contribution in [0.2, 0.25) is 0 Å². The molecule has 0 bridgehead atoms. The van der Waals surface area contributed by atoms with Crippen LogP contribution < -0.4 is 10.2 Å². The number of aliphatic hydroxyl groups excluding tert-OH is 1. The number of fused-ring (bicyclic) bond motifs is 3. The summed E-state index contributed by atoms with van der Waals surface area (Å²) < 4.78 is 7.63.